The van der Waals surface area contributed by atoms with Crippen LogP contribution in [0.2, 0.25) is 5.02 Å². The maximum atomic E-state index is 12.7. The van der Waals surface area contributed by atoms with Crippen molar-refractivity contribution in [2.75, 3.05) is 11.9 Å². The van der Waals surface area contributed by atoms with Crippen LogP contribution in [0.4, 0.5) is 5.69 Å². The number of aryl methyl sites for hydroxylation is 1. The summed E-state index contributed by atoms with van der Waals surface area (Å²) in [5.41, 5.74) is 1.83. The van der Waals surface area contributed by atoms with Crippen LogP contribution in [0.15, 0.2) is 41.8 Å². The molecule has 3 heterocycles. The third kappa shape index (κ3) is 3.76. The number of carbonyl (C=O) groups excluding carboxylic acids is 1. The van der Waals surface area contributed by atoms with Crippen LogP contribution in [0, 0.1) is 0 Å². The minimum Gasteiger partial charge on any atom is -0.491 e. The van der Waals surface area contributed by atoms with Crippen LogP contribution in [0.1, 0.15) is 33.0 Å². The van der Waals surface area contributed by atoms with Crippen LogP contribution in [-0.2, 0) is 11.8 Å². The molecule has 0 radical (unpaired) electrons. The molecule has 7 nitrogen and oxygen atoms in total. The molecule has 1 aliphatic rings. The fourth-order valence-electron chi connectivity index (χ4n) is 3.07. The largest absolute Gasteiger partial charge is 0.491 e. The molecular formula is C20H16ClN3O4S. The highest BCUT2D eigenvalue weighted by Crippen LogP contribution is 2.36. The fraction of sp³-hybridized carbons (Fsp3) is 0.150. The van der Waals surface area contributed by atoms with Gasteiger partial charge in [0.05, 0.1) is 17.2 Å². The van der Waals surface area contributed by atoms with Crippen LogP contribution in [-0.4, -0.2) is 33.4 Å². The van der Waals surface area contributed by atoms with Gasteiger partial charge in [0, 0.05) is 29.9 Å². The molecule has 0 aliphatic carbocycles. The number of anilines is 1. The molecule has 2 aromatic heterocycles. The van der Waals surface area contributed by atoms with E-state index in [1.807, 2.05) is 6.08 Å². The minimum atomic E-state index is -1.13. The number of amides is 1. The van der Waals surface area contributed by atoms with Crippen LogP contribution in [0.5, 0.6) is 0 Å². The first-order valence-electron chi connectivity index (χ1n) is 8.73. The van der Waals surface area contributed by atoms with Gasteiger partial charge >= 0.3 is 5.97 Å². The van der Waals surface area contributed by atoms with Crippen molar-refractivity contribution in [2.24, 2.45) is 7.05 Å². The van der Waals surface area contributed by atoms with Crippen molar-refractivity contribution < 1.29 is 19.4 Å². The summed E-state index contributed by atoms with van der Waals surface area (Å²) in [7, 11) is 1.72. The molecule has 0 atom stereocenters. The van der Waals surface area contributed by atoms with Crippen molar-refractivity contribution in [3.05, 3.63) is 63.8 Å². The number of aromatic carboxylic acids is 1. The zero-order valence-corrected chi connectivity index (χ0v) is 16.9. The highest BCUT2D eigenvalue weighted by molar-refractivity contribution is 7.14. The molecule has 2 N–H and O–H groups in total. The van der Waals surface area contributed by atoms with Crippen molar-refractivity contribution in [1.82, 2.24) is 9.78 Å². The lowest BCUT2D eigenvalue weighted by Gasteiger charge is -2.05. The standard InChI is InChI=1S/C20H16ClN3O4S/c1-24-15(16-3-2-8-28-16)9-13(23-24)19(25)22-14-10-29-18(17(14)20(26)27)11-4-6-12(21)7-5-11/h3-7,9-10H,2,8H2,1H3,(H,22,25)(H,26,27). The molecular weight excluding hydrogens is 414 g/mol. The normalized spacial score (nSPS) is 13.1. The molecule has 148 valence electrons. The Morgan fingerprint density at radius 2 is 2.07 bits per heavy atom. The van der Waals surface area contributed by atoms with Crippen LogP contribution >= 0.6 is 22.9 Å². The Kier molecular flexibility index (Phi) is 5.12. The van der Waals surface area contributed by atoms with Gasteiger partial charge in [-0.25, -0.2) is 4.79 Å². The summed E-state index contributed by atoms with van der Waals surface area (Å²) in [5.74, 6) is -0.933. The quantitative estimate of drug-likeness (QED) is 0.622. The van der Waals surface area contributed by atoms with E-state index in [0.29, 0.717) is 33.5 Å². The summed E-state index contributed by atoms with van der Waals surface area (Å²) in [6.45, 7) is 0.604. The predicted molar refractivity (Wildman–Crippen MR) is 111 cm³/mol. The van der Waals surface area contributed by atoms with E-state index in [0.717, 1.165) is 6.42 Å². The summed E-state index contributed by atoms with van der Waals surface area (Å²) in [4.78, 5) is 25.1. The Bertz CT molecular complexity index is 1130. The number of carboxylic acids is 1. The smallest absolute Gasteiger partial charge is 0.339 e. The third-order valence-electron chi connectivity index (χ3n) is 4.43. The molecule has 0 saturated heterocycles. The number of benzene rings is 1. The van der Waals surface area contributed by atoms with Gasteiger partial charge in [-0.1, -0.05) is 23.7 Å². The van der Waals surface area contributed by atoms with Crippen LogP contribution in [0.25, 0.3) is 16.2 Å². The fourth-order valence-corrected chi connectivity index (χ4v) is 4.19. The summed E-state index contributed by atoms with van der Waals surface area (Å²) in [6, 6.07) is 8.49. The molecule has 4 rings (SSSR count). The van der Waals surface area contributed by atoms with E-state index in [1.54, 1.807) is 47.4 Å². The van der Waals surface area contributed by atoms with Crippen molar-refractivity contribution in [3.8, 4) is 10.4 Å². The Hall–Kier alpha value is -3.10. The van der Waals surface area contributed by atoms with E-state index < -0.39 is 11.9 Å². The molecule has 3 aromatic rings. The molecule has 0 unspecified atom stereocenters. The molecule has 0 spiro atoms. The van der Waals surface area contributed by atoms with Gasteiger partial charge in [0.15, 0.2) is 5.69 Å². The van der Waals surface area contributed by atoms with E-state index >= 15 is 0 Å². The highest BCUT2D eigenvalue weighted by Gasteiger charge is 2.23. The second-order valence-electron chi connectivity index (χ2n) is 6.36. The number of carboxylic acid groups (broad SMARTS) is 1. The molecule has 0 saturated carbocycles. The van der Waals surface area contributed by atoms with Gasteiger partial charge < -0.3 is 15.2 Å². The zero-order chi connectivity index (χ0) is 20.5. The van der Waals surface area contributed by atoms with Gasteiger partial charge in [-0.2, -0.15) is 5.10 Å². The number of hydrogen-bond donors (Lipinski definition) is 2. The molecule has 1 aliphatic heterocycles. The number of aromatic nitrogens is 2. The topological polar surface area (TPSA) is 93.5 Å². The predicted octanol–water partition coefficient (Wildman–Crippen LogP) is 4.51. The highest BCUT2D eigenvalue weighted by atomic mass is 35.5. The zero-order valence-electron chi connectivity index (χ0n) is 15.3. The van der Waals surface area contributed by atoms with E-state index in [9.17, 15) is 14.7 Å². The monoisotopic (exact) mass is 429 g/mol. The number of nitrogens with zero attached hydrogens (tertiary/aromatic N) is 2. The van der Waals surface area contributed by atoms with E-state index in [4.69, 9.17) is 16.3 Å². The number of hydrogen-bond acceptors (Lipinski definition) is 5. The summed E-state index contributed by atoms with van der Waals surface area (Å²) >= 11 is 7.15. The van der Waals surface area contributed by atoms with E-state index in [-0.39, 0.29) is 16.9 Å². The molecule has 1 aromatic carbocycles. The first kappa shape index (κ1) is 19.2. The lowest BCUT2D eigenvalue weighted by Crippen LogP contribution is -2.15. The maximum absolute atomic E-state index is 12.7. The number of nitrogens with one attached hydrogen (secondary N) is 1. The van der Waals surface area contributed by atoms with E-state index in [2.05, 4.69) is 10.4 Å². The first-order chi connectivity index (χ1) is 13.9. The number of thiophene rings is 1. The number of carbonyl (C=O) groups is 2. The second-order valence-corrected chi connectivity index (χ2v) is 7.68. The second kappa shape index (κ2) is 7.73. The van der Waals surface area contributed by atoms with Crippen LogP contribution in [0.3, 0.4) is 0 Å². The minimum absolute atomic E-state index is 0.0312. The van der Waals surface area contributed by atoms with Crippen molar-refractivity contribution in [3.63, 3.8) is 0 Å². The molecule has 1 amide bonds. The lowest BCUT2D eigenvalue weighted by atomic mass is 10.1. The molecule has 29 heavy (non-hydrogen) atoms. The third-order valence-corrected chi connectivity index (χ3v) is 5.71. The Morgan fingerprint density at radius 1 is 1.31 bits per heavy atom. The molecule has 9 heteroatoms. The van der Waals surface area contributed by atoms with Gasteiger partial charge in [0.2, 0.25) is 0 Å². The number of ether oxygens (including phenoxy) is 1. The van der Waals surface area contributed by atoms with Gasteiger partial charge in [-0.15, -0.1) is 11.3 Å². The van der Waals surface area contributed by atoms with Gasteiger partial charge in [-0.05, 0) is 23.8 Å². The Balaban J connectivity index is 1.63. The van der Waals surface area contributed by atoms with Gasteiger partial charge in [0.25, 0.3) is 5.91 Å². The SMILES string of the molecule is Cn1nc(C(=O)Nc2csc(-c3ccc(Cl)cc3)c2C(=O)O)cc1C1=CCCO1. The maximum Gasteiger partial charge on any atom is 0.339 e. The Morgan fingerprint density at radius 3 is 2.72 bits per heavy atom. The summed E-state index contributed by atoms with van der Waals surface area (Å²) < 4.78 is 7.09. The summed E-state index contributed by atoms with van der Waals surface area (Å²) in [6.07, 6.45) is 2.75. The first-order valence-corrected chi connectivity index (χ1v) is 9.99. The summed E-state index contributed by atoms with van der Waals surface area (Å²) in [5, 5.41) is 18.8. The van der Waals surface area contributed by atoms with Crippen LogP contribution < -0.4 is 5.32 Å². The van der Waals surface area contributed by atoms with Gasteiger partial charge in [-0.3, -0.25) is 9.48 Å². The van der Waals surface area contributed by atoms with E-state index in [1.165, 1.54) is 11.3 Å². The van der Waals surface area contributed by atoms with Crippen molar-refractivity contribution in [1.29, 1.82) is 0 Å². The average Bonchev–Trinajstić information content (AvgIpc) is 3.41. The Labute approximate surface area is 175 Å². The number of rotatable bonds is 5. The lowest BCUT2D eigenvalue weighted by molar-refractivity contribution is 0.0699. The number of halogens is 1. The molecule has 0 fully saturated rings. The van der Waals surface area contributed by atoms with Gasteiger partial charge in [0.1, 0.15) is 17.0 Å². The molecule has 0 bridgehead atoms. The van der Waals surface area contributed by atoms with Crippen molar-refractivity contribution in [2.45, 2.75) is 6.42 Å². The van der Waals surface area contributed by atoms with Crippen molar-refractivity contribution >= 4 is 46.3 Å². The average molecular weight is 430 g/mol.